The highest BCUT2D eigenvalue weighted by atomic mass is 32.2. The van der Waals surface area contributed by atoms with Gasteiger partial charge < -0.3 is 19.5 Å². The van der Waals surface area contributed by atoms with Crippen molar-refractivity contribution in [1.29, 1.82) is 0 Å². The summed E-state index contributed by atoms with van der Waals surface area (Å²) >= 11 is 0. The Morgan fingerprint density at radius 3 is 2.36 bits per heavy atom. The molecule has 1 aliphatic rings. The molecule has 10 heteroatoms. The first-order chi connectivity index (χ1) is 17.3. The van der Waals surface area contributed by atoms with E-state index in [0.29, 0.717) is 42.1 Å². The number of sulfonamides is 1. The molecule has 0 saturated carbocycles. The van der Waals surface area contributed by atoms with Crippen molar-refractivity contribution in [3.05, 3.63) is 71.3 Å². The van der Waals surface area contributed by atoms with E-state index in [2.05, 4.69) is 10.0 Å². The molecule has 36 heavy (non-hydrogen) atoms. The molecule has 1 aliphatic heterocycles. The van der Waals surface area contributed by atoms with Crippen molar-refractivity contribution in [2.24, 2.45) is 0 Å². The Kier molecular flexibility index (Phi) is 7.77. The summed E-state index contributed by atoms with van der Waals surface area (Å²) in [6, 6.07) is 11.3. The number of hydrogen-bond donors (Lipinski definition) is 2. The average Bonchev–Trinajstić information content (AvgIpc) is 3.37. The number of ether oxygens (including phenoxy) is 3. The van der Waals surface area contributed by atoms with E-state index in [-0.39, 0.29) is 34.2 Å². The molecule has 192 valence electrons. The summed E-state index contributed by atoms with van der Waals surface area (Å²) in [6.45, 7) is 1.22. The molecular formula is C26H28F2N2O5S. The maximum atomic E-state index is 14.6. The van der Waals surface area contributed by atoms with E-state index in [9.17, 15) is 17.2 Å². The van der Waals surface area contributed by atoms with Crippen molar-refractivity contribution in [1.82, 2.24) is 10.0 Å². The van der Waals surface area contributed by atoms with Gasteiger partial charge in [-0.15, -0.1) is 0 Å². The van der Waals surface area contributed by atoms with Gasteiger partial charge in [0.2, 0.25) is 10.0 Å². The molecule has 0 bridgehead atoms. The van der Waals surface area contributed by atoms with E-state index >= 15 is 0 Å². The molecule has 2 N–H and O–H groups in total. The predicted octanol–water partition coefficient (Wildman–Crippen LogP) is 3.89. The van der Waals surface area contributed by atoms with Crippen molar-refractivity contribution in [3.8, 4) is 28.4 Å². The van der Waals surface area contributed by atoms with Crippen LogP contribution in [0.25, 0.3) is 11.1 Å². The Hall–Kier alpha value is -3.21. The number of rotatable bonds is 9. The number of benzene rings is 3. The third kappa shape index (κ3) is 5.16. The summed E-state index contributed by atoms with van der Waals surface area (Å²) in [5, 5.41) is 3.14. The van der Waals surface area contributed by atoms with Gasteiger partial charge in [-0.05, 0) is 60.5 Å². The van der Waals surface area contributed by atoms with Gasteiger partial charge in [0.25, 0.3) is 0 Å². The Bertz CT molecular complexity index is 1340. The van der Waals surface area contributed by atoms with Gasteiger partial charge in [0, 0.05) is 30.1 Å². The van der Waals surface area contributed by atoms with Crippen LogP contribution in [0.1, 0.15) is 17.5 Å². The standard InChI is InChI=1S/C26H28F2N2O5S/c1-33-18-8-7-16(13-20-21(27)5-4-6-22(20)28)19(14-18)25-24(10-9-23(34-2)26(25)35-3)36(31,32)30-17-11-12-29-15-17/h4-10,14,17,29-30H,11-13,15H2,1-3H3/t17-/m0/s1. The average molecular weight is 519 g/mol. The molecule has 4 rings (SSSR count). The van der Waals surface area contributed by atoms with Crippen LogP contribution in [0.15, 0.2) is 53.4 Å². The molecule has 7 nitrogen and oxygen atoms in total. The maximum Gasteiger partial charge on any atom is 0.241 e. The zero-order valence-electron chi connectivity index (χ0n) is 20.2. The zero-order valence-corrected chi connectivity index (χ0v) is 21.0. The van der Waals surface area contributed by atoms with E-state index in [1.54, 1.807) is 18.2 Å². The van der Waals surface area contributed by atoms with Crippen LogP contribution in [0.3, 0.4) is 0 Å². The monoisotopic (exact) mass is 518 g/mol. The third-order valence-electron chi connectivity index (χ3n) is 6.19. The molecule has 1 saturated heterocycles. The number of nitrogens with one attached hydrogen (secondary N) is 2. The van der Waals surface area contributed by atoms with Crippen LogP contribution in [-0.2, 0) is 16.4 Å². The second-order valence-electron chi connectivity index (χ2n) is 8.39. The molecule has 0 unspecified atom stereocenters. The molecule has 0 aliphatic carbocycles. The lowest BCUT2D eigenvalue weighted by molar-refractivity contribution is 0.355. The van der Waals surface area contributed by atoms with Crippen LogP contribution in [0.4, 0.5) is 8.78 Å². The minimum absolute atomic E-state index is 0.0458. The smallest absolute Gasteiger partial charge is 0.241 e. The molecular weight excluding hydrogens is 490 g/mol. The second kappa shape index (κ2) is 10.8. The van der Waals surface area contributed by atoms with Crippen molar-refractivity contribution in [2.75, 3.05) is 34.4 Å². The van der Waals surface area contributed by atoms with Gasteiger partial charge in [-0.3, -0.25) is 0 Å². The lowest BCUT2D eigenvalue weighted by Gasteiger charge is -2.21. The van der Waals surface area contributed by atoms with E-state index in [1.807, 2.05) is 0 Å². The Morgan fingerprint density at radius 1 is 1.00 bits per heavy atom. The zero-order chi connectivity index (χ0) is 25.9. The summed E-state index contributed by atoms with van der Waals surface area (Å²) in [6.07, 6.45) is 0.524. The van der Waals surface area contributed by atoms with Gasteiger partial charge in [-0.2, -0.15) is 0 Å². The van der Waals surface area contributed by atoms with Gasteiger partial charge in [-0.1, -0.05) is 12.1 Å². The summed E-state index contributed by atoms with van der Waals surface area (Å²) in [4.78, 5) is -0.0458. The highest BCUT2D eigenvalue weighted by Crippen LogP contribution is 2.45. The summed E-state index contributed by atoms with van der Waals surface area (Å²) in [5.74, 6) is -0.479. The molecule has 1 fully saturated rings. The SMILES string of the molecule is COc1ccc(Cc2c(F)cccc2F)c(-c2c(S(=O)(=O)N[C@H]3CCNC3)ccc(OC)c2OC)c1. The normalized spacial score (nSPS) is 15.6. The molecule has 0 aromatic heterocycles. The Morgan fingerprint density at radius 2 is 1.75 bits per heavy atom. The summed E-state index contributed by atoms with van der Waals surface area (Å²) in [7, 11) is 0.306. The molecule has 3 aromatic carbocycles. The lowest BCUT2D eigenvalue weighted by atomic mass is 9.93. The molecule has 1 atom stereocenters. The number of halogens is 2. The van der Waals surface area contributed by atoms with Crippen molar-refractivity contribution >= 4 is 10.0 Å². The molecule has 0 spiro atoms. The topological polar surface area (TPSA) is 85.9 Å². The highest BCUT2D eigenvalue weighted by Gasteiger charge is 2.30. The number of hydrogen-bond acceptors (Lipinski definition) is 6. The maximum absolute atomic E-state index is 14.6. The van der Waals surface area contributed by atoms with Crippen LogP contribution in [0, 0.1) is 11.6 Å². The van der Waals surface area contributed by atoms with Crippen LogP contribution < -0.4 is 24.2 Å². The first-order valence-electron chi connectivity index (χ1n) is 11.4. The third-order valence-corrected chi connectivity index (χ3v) is 7.76. The fourth-order valence-electron chi connectivity index (χ4n) is 4.39. The van der Waals surface area contributed by atoms with E-state index < -0.39 is 21.7 Å². The minimum Gasteiger partial charge on any atom is -0.497 e. The fraction of sp³-hybridized carbons (Fsp3) is 0.308. The number of methoxy groups -OCH3 is 3. The van der Waals surface area contributed by atoms with Crippen LogP contribution in [-0.4, -0.2) is 48.9 Å². The Labute approximate surface area is 209 Å². The van der Waals surface area contributed by atoms with Crippen LogP contribution in [0.5, 0.6) is 17.2 Å². The highest BCUT2D eigenvalue weighted by molar-refractivity contribution is 7.89. The predicted molar refractivity (Wildman–Crippen MR) is 132 cm³/mol. The van der Waals surface area contributed by atoms with Gasteiger partial charge >= 0.3 is 0 Å². The quantitative estimate of drug-likeness (QED) is 0.447. The second-order valence-corrected chi connectivity index (χ2v) is 10.1. The largest absolute Gasteiger partial charge is 0.497 e. The van der Waals surface area contributed by atoms with Crippen molar-refractivity contribution in [3.63, 3.8) is 0 Å². The van der Waals surface area contributed by atoms with Gasteiger partial charge in [0.05, 0.1) is 26.2 Å². The molecule has 0 radical (unpaired) electrons. The van der Waals surface area contributed by atoms with Crippen molar-refractivity contribution < 1.29 is 31.4 Å². The van der Waals surface area contributed by atoms with Gasteiger partial charge in [0.1, 0.15) is 17.4 Å². The van der Waals surface area contributed by atoms with E-state index in [0.717, 1.165) is 0 Å². The molecule has 1 heterocycles. The summed E-state index contributed by atoms with van der Waals surface area (Å²) in [5.41, 5.74) is 0.939. The van der Waals surface area contributed by atoms with E-state index in [1.165, 1.54) is 51.7 Å². The van der Waals surface area contributed by atoms with E-state index in [4.69, 9.17) is 14.2 Å². The van der Waals surface area contributed by atoms with Gasteiger partial charge in [-0.25, -0.2) is 21.9 Å². The minimum atomic E-state index is -4.02. The summed E-state index contributed by atoms with van der Waals surface area (Å²) < 4.78 is 75.5. The first-order valence-corrected chi connectivity index (χ1v) is 12.9. The van der Waals surface area contributed by atoms with Crippen molar-refractivity contribution in [2.45, 2.75) is 23.8 Å². The van der Waals surface area contributed by atoms with Crippen LogP contribution >= 0.6 is 0 Å². The fourth-order valence-corrected chi connectivity index (χ4v) is 5.87. The lowest BCUT2D eigenvalue weighted by Crippen LogP contribution is -2.36. The Balaban J connectivity index is 1.96. The van der Waals surface area contributed by atoms with Gasteiger partial charge in [0.15, 0.2) is 11.5 Å². The first kappa shape index (κ1) is 25.9. The molecule has 0 amide bonds. The van der Waals surface area contributed by atoms with Crippen LogP contribution in [0.2, 0.25) is 0 Å². The molecule has 3 aromatic rings.